The molecule has 0 saturated carbocycles. The van der Waals surface area contributed by atoms with Gasteiger partial charge in [0.1, 0.15) is 12.4 Å². The second-order valence-electron chi connectivity index (χ2n) is 7.55. The van der Waals surface area contributed by atoms with Crippen LogP contribution < -0.4 is 10.1 Å². The molecule has 1 atom stereocenters. The SMILES string of the molecule is CC1(C)COCCN1CCNC(=O)c1ccccc1OCC1CCCO1. The van der Waals surface area contributed by atoms with Crippen molar-refractivity contribution in [1.82, 2.24) is 10.2 Å². The van der Waals surface area contributed by atoms with Crippen LogP contribution in [0.5, 0.6) is 5.75 Å². The molecule has 2 saturated heterocycles. The highest BCUT2D eigenvalue weighted by Crippen LogP contribution is 2.21. The molecule has 1 unspecified atom stereocenters. The van der Waals surface area contributed by atoms with Crippen LogP contribution in [0.1, 0.15) is 37.0 Å². The van der Waals surface area contributed by atoms with Gasteiger partial charge >= 0.3 is 0 Å². The molecule has 1 aromatic carbocycles. The number of rotatable bonds is 7. The van der Waals surface area contributed by atoms with Crippen LogP contribution >= 0.6 is 0 Å². The van der Waals surface area contributed by atoms with Gasteiger partial charge in [-0.05, 0) is 38.8 Å². The number of amides is 1. The second kappa shape index (κ2) is 8.84. The molecular formula is C20H30N2O4. The lowest BCUT2D eigenvalue weighted by Crippen LogP contribution is -2.54. The summed E-state index contributed by atoms with van der Waals surface area (Å²) >= 11 is 0. The lowest BCUT2D eigenvalue weighted by molar-refractivity contribution is -0.0498. The van der Waals surface area contributed by atoms with E-state index in [0.717, 1.165) is 45.8 Å². The van der Waals surface area contributed by atoms with Crippen LogP contribution in [0.25, 0.3) is 0 Å². The molecule has 6 nitrogen and oxygen atoms in total. The van der Waals surface area contributed by atoms with Crippen molar-refractivity contribution in [3.8, 4) is 5.75 Å². The number of benzene rings is 1. The Morgan fingerprint density at radius 2 is 2.19 bits per heavy atom. The Morgan fingerprint density at radius 1 is 1.35 bits per heavy atom. The first-order valence-electron chi connectivity index (χ1n) is 9.51. The van der Waals surface area contributed by atoms with Crippen LogP contribution in [0, 0.1) is 0 Å². The van der Waals surface area contributed by atoms with E-state index >= 15 is 0 Å². The summed E-state index contributed by atoms with van der Waals surface area (Å²) in [6.45, 7) is 9.40. The lowest BCUT2D eigenvalue weighted by atomic mass is 10.0. The Hall–Kier alpha value is -1.63. The fourth-order valence-electron chi connectivity index (χ4n) is 3.44. The van der Waals surface area contributed by atoms with Gasteiger partial charge in [0.25, 0.3) is 5.91 Å². The molecule has 0 aromatic heterocycles. The van der Waals surface area contributed by atoms with E-state index in [2.05, 4.69) is 24.1 Å². The molecule has 0 aliphatic carbocycles. The van der Waals surface area contributed by atoms with Gasteiger partial charge in [-0.3, -0.25) is 9.69 Å². The number of ether oxygens (including phenoxy) is 3. The van der Waals surface area contributed by atoms with Gasteiger partial charge in [-0.1, -0.05) is 12.1 Å². The van der Waals surface area contributed by atoms with Crippen molar-refractivity contribution in [3.05, 3.63) is 29.8 Å². The zero-order chi connectivity index (χ0) is 18.4. The molecule has 2 aliphatic heterocycles. The number of nitrogens with zero attached hydrogens (tertiary/aromatic N) is 1. The zero-order valence-electron chi connectivity index (χ0n) is 15.8. The maximum absolute atomic E-state index is 12.6. The number of carbonyl (C=O) groups is 1. The largest absolute Gasteiger partial charge is 0.490 e. The van der Waals surface area contributed by atoms with Gasteiger partial charge in [0.15, 0.2) is 0 Å². The first-order chi connectivity index (χ1) is 12.6. The van der Waals surface area contributed by atoms with Crippen LogP contribution in [0.4, 0.5) is 0 Å². The molecule has 3 rings (SSSR count). The highest BCUT2D eigenvalue weighted by molar-refractivity contribution is 5.96. The topological polar surface area (TPSA) is 60.0 Å². The third-order valence-corrected chi connectivity index (χ3v) is 5.06. The Labute approximate surface area is 155 Å². The van der Waals surface area contributed by atoms with Crippen LogP contribution in [0.2, 0.25) is 0 Å². The minimum atomic E-state index is -0.0981. The number of hydrogen-bond donors (Lipinski definition) is 1. The summed E-state index contributed by atoms with van der Waals surface area (Å²) in [4.78, 5) is 15.0. The van der Waals surface area contributed by atoms with E-state index < -0.39 is 0 Å². The predicted molar refractivity (Wildman–Crippen MR) is 99.7 cm³/mol. The Balaban J connectivity index is 1.51. The van der Waals surface area contributed by atoms with E-state index in [0.29, 0.717) is 24.5 Å². The second-order valence-corrected chi connectivity index (χ2v) is 7.55. The van der Waals surface area contributed by atoms with Gasteiger partial charge in [0, 0.05) is 31.8 Å². The van der Waals surface area contributed by atoms with E-state index in [-0.39, 0.29) is 17.6 Å². The monoisotopic (exact) mass is 362 g/mol. The van der Waals surface area contributed by atoms with E-state index in [1.807, 2.05) is 18.2 Å². The van der Waals surface area contributed by atoms with E-state index in [9.17, 15) is 4.79 Å². The minimum Gasteiger partial charge on any atom is -0.490 e. The Morgan fingerprint density at radius 3 is 2.96 bits per heavy atom. The van der Waals surface area contributed by atoms with Crippen molar-refractivity contribution in [3.63, 3.8) is 0 Å². The predicted octanol–water partition coefficient (Wildman–Crippen LogP) is 2.08. The van der Waals surface area contributed by atoms with Crippen molar-refractivity contribution < 1.29 is 19.0 Å². The van der Waals surface area contributed by atoms with Gasteiger partial charge in [-0.25, -0.2) is 0 Å². The molecule has 1 amide bonds. The van der Waals surface area contributed by atoms with Gasteiger partial charge in [-0.15, -0.1) is 0 Å². The first-order valence-corrected chi connectivity index (χ1v) is 9.51. The lowest BCUT2D eigenvalue weighted by Gasteiger charge is -2.42. The number of morpholine rings is 1. The summed E-state index contributed by atoms with van der Waals surface area (Å²) in [6, 6.07) is 7.39. The zero-order valence-corrected chi connectivity index (χ0v) is 15.8. The molecule has 1 aromatic rings. The highest BCUT2D eigenvalue weighted by Gasteiger charge is 2.30. The van der Waals surface area contributed by atoms with Gasteiger partial charge in [0.2, 0.25) is 0 Å². The molecule has 0 radical (unpaired) electrons. The summed E-state index contributed by atoms with van der Waals surface area (Å²) in [6.07, 6.45) is 2.23. The molecule has 1 N–H and O–H groups in total. The van der Waals surface area contributed by atoms with Crippen LogP contribution in [0.15, 0.2) is 24.3 Å². The highest BCUT2D eigenvalue weighted by atomic mass is 16.5. The number of para-hydroxylation sites is 1. The van der Waals surface area contributed by atoms with Crippen LogP contribution in [-0.2, 0) is 9.47 Å². The Bertz CT molecular complexity index is 599. The van der Waals surface area contributed by atoms with Crippen molar-refractivity contribution in [2.24, 2.45) is 0 Å². The number of nitrogens with one attached hydrogen (secondary N) is 1. The fraction of sp³-hybridized carbons (Fsp3) is 0.650. The molecule has 6 heteroatoms. The molecule has 144 valence electrons. The Kier molecular flexibility index (Phi) is 6.51. The first kappa shape index (κ1) is 19.1. The summed E-state index contributed by atoms with van der Waals surface area (Å²) in [5.74, 6) is 0.520. The van der Waals surface area contributed by atoms with Gasteiger partial charge < -0.3 is 19.5 Å². The van der Waals surface area contributed by atoms with Crippen molar-refractivity contribution in [1.29, 1.82) is 0 Å². The smallest absolute Gasteiger partial charge is 0.255 e. The quantitative estimate of drug-likeness (QED) is 0.805. The number of carbonyl (C=O) groups excluding carboxylic acids is 1. The molecule has 0 spiro atoms. The normalized spacial score (nSPS) is 22.9. The molecule has 2 aliphatic rings. The van der Waals surface area contributed by atoms with Gasteiger partial charge in [-0.2, -0.15) is 0 Å². The minimum absolute atomic E-state index is 0.00524. The van der Waals surface area contributed by atoms with E-state index in [1.165, 1.54) is 0 Å². The summed E-state index contributed by atoms with van der Waals surface area (Å²) in [5, 5.41) is 3.02. The van der Waals surface area contributed by atoms with E-state index in [4.69, 9.17) is 14.2 Å². The van der Waals surface area contributed by atoms with Crippen LogP contribution in [-0.4, -0.2) is 68.5 Å². The van der Waals surface area contributed by atoms with Crippen LogP contribution in [0.3, 0.4) is 0 Å². The van der Waals surface area contributed by atoms with Crippen molar-refractivity contribution in [2.75, 3.05) is 46.1 Å². The van der Waals surface area contributed by atoms with Crippen molar-refractivity contribution in [2.45, 2.75) is 38.3 Å². The number of hydrogen-bond acceptors (Lipinski definition) is 5. The van der Waals surface area contributed by atoms with Crippen molar-refractivity contribution >= 4 is 5.91 Å². The summed E-state index contributed by atoms with van der Waals surface area (Å²) in [5.41, 5.74) is 0.581. The van der Waals surface area contributed by atoms with Gasteiger partial charge in [0.05, 0.1) is 24.9 Å². The average Bonchev–Trinajstić information content (AvgIpc) is 3.15. The standard InChI is InChI=1S/C20H30N2O4/c1-20(2)15-24-13-11-22(20)10-9-21-19(23)17-7-3-4-8-18(17)26-14-16-6-5-12-25-16/h3-4,7-8,16H,5-6,9-15H2,1-2H3,(H,21,23). The molecule has 0 bridgehead atoms. The molecule has 2 fully saturated rings. The molecular weight excluding hydrogens is 332 g/mol. The van der Waals surface area contributed by atoms with E-state index in [1.54, 1.807) is 6.07 Å². The fourth-order valence-corrected chi connectivity index (χ4v) is 3.44. The molecule has 2 heterocycles. The summed E-state index contributed by atoms with van der Waals surface area (Å²) in [7, 11) is 0. The summed E-state index contributed by atoms with van der Waals surface area (Å²) < 4.78 is 17.0. The third-order valence-electron chi connectivity index (χ3n) is 5.06. The maximum Gasteiger partial charge on any atom is 0.255 e. The third kappa shape index (κ3) is 4.96. The maximum atomic E-state index is 12.6. The molecule has 26 heavy (non-hydrogen) atoms. The average molecular weight is 362 g/mol.